The molecule has 0 atom stereocenters. The van der Waals surface area contributed by atoms with Gasteiger partial charge in [0.25, 0.3) is 0 Å². The standard InChI is InChI=1S/C8H10.C5H12.CH4.CH3.Y/c1-2-8-6-4-3-5-7-8;1-3-5-4-2;;;/h3-7H,2H2,1H3;3-5H2,1-2H3;1H4;1H3;/q;;;-1;. The number of rotatable bonds is 3. The van der Waals surface area contributed by atoms with Crippen LogP contribution in [0.5, 0.6) is 0 Å². The van der Waals surface area contributed by atoms with E-state index in [9.17, 15) is 0 Å². The second-order valence-electron chi connectivity index (χ2n) is 3.19. The minimum absolute atomic E-state index is 0. The molecule has 1 rings (SSSR count). The van der Waals surface area contributed by atoms with Gasteiger partial charge in [0.1, 0.15) is 0 Å². The van der Waals surface area contributed by atoms with Crippen LogP contribution in [0.1, 0.15) is 53.0 Å². The van der Waals surface area contributed by atoms with Gasteiger partial charge in [-0.1, -0.05) is 77.8 Å². The van der Waals surface area contributed by atoms with Crippen molar-refractivity contribution >= 4 is 0 Å². The summed E-state index contributed by atoms with van der Waals surface area (Å²) in [4.78, 5) is 0. The first kappa shape index (κ1) is 25.2. The van der Waals surface area contributed by atoms with E-state index >= 15 is 0 Å². The molecule has 0 N–H and O–H groups in total. The Morgan fingerprint density at radius 2 is 1.31 bits per heavy atom. The van der Waals surface area contributed by atoms with Gasteiger partial charge in [-0.2, -0.15) is 0 Å². The van der Waals surface area contributed by atoms with Crippen LogP contribution in [0.4, 0.5) is 0 Å². The van der Waals surface area contributed by atoms with Gasteiger partial charge in [-0.25, -0.2) is 0 Å². The number of aryl methyl sites for hydroxylation is 1. The van der Waals surface area contributed by atoms with Crippen molar-refractivity contribution in [3.8, 4) is 0 Å². The van der Waals surface area contributed by atoms with Crippen molar-refractivity contribution in [1.82, 2.24) is 0 Å². The van der Waals surface area contributed by atoms with Crippen LogP contribution in [0.2, 0.25) is 0 Å². The van der Waals surface area contributed by atoms with Crippen molar-refractivity contribution in [2.24, 2.45) is 0 Å². The Morgan fingerprint density at radius 3 is 1.50 bits per heavy atom. The van der Waals surface area contributed by atoms with Crippen molar-refractivity contribution in [2.75, 3.05) is 0 Å². The van der Waals surface area contributed by atoms with Crippen LogP contribution in [0.3, 0.4) is 0 Å². The molecule has 16 heavy (non-hydrogen) atoms. The van der Waals surface area contributed by atoms with Crippen LogP contribution < -0.4 is 0 Å². The van der Waals surface area contributed by atoms with Crippen molar-refractivity contribution in [2.45, 2.75) is 53.9 Å². The molecule has 0 aromatic heterocycles. The van der Waals surface area contributed by atoms with Crippen molar-refractivity contribution in [1.29, 1.82) is 0 Å². The predicted molar refractivity (Wildman–Crippen MR) is 74.2 cm³/mol. The van der Waals surface area contributed by atoms with E-state index in [1.165, 1.54) is 24.8 Å². The molecule has 0 nitrogen and oxygen atoms in total. The van der Waals surface area contributed by atoms with E-state index in [-0.39, 0.29) is 47.6 Å². The van der Waals surface area contributed by atoms with E-state index in [1.807, 2.05) is 6.07 Å². The van der Waals surface area contributed by atoms with E-state index in [0.29, 0.717) is 0 Å². The quantitative estimate of drug-likeness (QED) is 0.644. The van der Waals surface area contributed by atoms with E-state index < -0.39 is 0 Å². The average molecular weight is 298 g/mol. The summed E-state index contributed by atoms with van der Waals surface area (Å²) in [7, 11) is 0. The van der Waals surface area contributed by atoms with E-state index in [2.05, 4.69) is 45.0 Å². The summed E-state index contributed by atoms with van der Waals surface area (Å²) in [5, 5.41) is 0. The Kier molecular flexibility index (Phi) is 32.7. The molecule has 0 amide bonds. The fraction of sp³-hybridized carbons (Fsp3) is 0.533. The zero-order valence-corrected chi connectivity index (χ0v) is 13.6. The maximum Gasteiger partial charge on any atom is 0 e. The van der Waals surface area contributed by atoms with Crippen LogP contribution in [-0.2, 0) is 39.1 Å². The normalized spacial score (nSPS) is 7.19. The molecule has 0 aliphatic carbocycles. The van der Waals surface area contributed by atoms with Gasteiger partial charge in [0, 0.05) is 32.7 Å². The van der Waals surface area contributed by atoms with E-state index in [4.69, 9.17) is 0 Å². The average Bonchev–Trinajstić information content (AvgIpc) is 2.21. The molecule has 0 saturated carbocycles. The number of hydrogen-bond donors (Lipinski definition) is 0. The molecule has 93 valence electrons. The van der Waals surface area contributed by atoms with Gasteiger partial charge >= 0.3 is 0 Å². The maximum absolute atomic E-state index is 2.21. The maximum atomic E-state index is 2.21. The second-order valence-corrected chi connectivity index (χ2v) is 3.19. The number of benzene rings is 1. The molecule has 1 aromatic carbocycles. The predicted octanol–water partition coefficient (Wildman–Crippen LogP) is 5.53. The minimum Gasteiger partial charge on any atom is -0.358 e. The molecule has 0 spiro atoms. The van der Waals surface area contributed by atoms with Gasteiger partial charge < -0.3 is 7.43 Å². The Morgan fingerprint density at radius 1 is 0.875 bits per heavy atom. The third-order valence-corrected chi connectivity index (χ3v) is 1.96. The Bertz CT molecular complexity index is 180. The summed E-state index contributed by atoms with van der Waals surface area (Å²) in [6.45, 7) is 6.59. The van der Waals surface area contributed by atoms with Gasteiger partial charge in [-0.3, -0.25) is 0 Å². The first-order chi connectivity index (χ1) is 6.35. The Hall–Kier alpha value is 0.324. The molecule has 0 saturated heterocycles. The summed E-state index contributed by atoms with van der Waals surface area (Å²) in [6.07, 6.45) is 5.22. The molecule has 0 aliphatic heterocycles. The fourth-order valence-corrected chi connectivity index (χ4v) is 1.07. The van der Waals surface area contributed by atoms with Crippen LogP contribution >= 0.6 is 0 Å². The molecular weight excluding hydrogens is 269 g/mol. The molecule has 1 aromatic rings. The summed E-state index contributed by atoms with van der Waals surface area (Å²) in [6, 6.07) is 10.5. The molecule has 0 fully saturated rings. The SMILES string of the molecule is C.CCCCC.CCc1ccccc1.[CH3-].[Y]. The van der Waals surface area contributed by atoms with Crippen molar-refractivity contribution < 1.29 is 32.7 Å². The van der Waals surface area contributed by atoms with Gasteiger partial charge in [-0.15, -0.1) is 0 Å². The van der Waals surface area contributed by atoms with E-state index in [1.54, 1.807) is 0 Å². The smallest absolute Gasteiger partial charge is 0 e. The van der Waals surface area contributed by atoms with Gasteiger partial charge in [-0.05, 0) is 12.0 Å². The third-order valence-electron chi connectivity index (χ3n) is 1.96. The summed E-state index contributed by atoms with van der Waals surface area (Å²) >= 11 is 0. The molecule has 0 heterocycles. The zero-order valence-electron chi connectivity index (χ0n) is 10.8. The molecule has 1 radical (unpaired) electrons. The number of unbranched alkanes of at least 4 members (excludes halogenated alkanes) is 2. The minimum atomic E-state index is 0. The molecular formula is C15H29Y-. The van der Waals surface area contributed by atoms with Gasteiger partial charge in [0.15, 0.2) is 0 Å². The fourth-order valence-electron chi connectivity index (χ4n) is 1.07. The van der Waals surface area contributed by atoms with Crippen LogP contribution in [-0.4, -0.2) is 0 Å². The van der Waals surface area contributed by atoms with Gasteiger partial charge in [0.2, 0.25) is 0 Å². The van der Waals surface area contributed by atoms with Gasteiger partial charge in [0.05, 0.1) is 0 Å². The van der Waals surface area contributed by atoms with Crippen LogP contribution in [0.15, 0.2) is 30.3 Å². The topological polar surface area (TPSA) is 0 Å². The molecule has 0 bridgehead atoms. The first-order valence-corrected chi connectivity index (χ1v) is 5.39. The largest absolute Gasteiger partial charge is 0.358 e. The van der Waals surface area contributed by atoms with Crippen LogP contribution in [0.25, 0.3) is 0 Å². The molecule has 1 heteroatoms. The first-order valence-electron chi connectivity index (χ1n) is 5.39. The second kappa shape index (κ2) is 20.7. The monoisotopic (exact) mass is 298 g/mol. The summed E-state index contributed by atoms with van der Waals surface area (Å²) < 4.78 is 0. The Labute approximate surface area is 129 Å². The zero-order chi connectivity index (χ0) is 9.94. The van der Waals surface area contributed by atoms with Crippen molar-refractivity contribution in [3.63, 3.8) is 0 Å². The summed E-state index contributed by atoms with van der Waals surface area (Å²) in [5.41, 5.74) is 1.41. The third kappa shape index (κ3) is 16.7. The summed E-state index contributed by atoms with van der Waals surface area (Å²) in [5.74, 6) is 0. The number of hydrogen-bond acceptors (Lipinski definition) is 0. The van der Waals surface area contributed by atoms with E-state index in [0.717, 1.165) is 6.42 Å². The van der Waals surface area contributed by atoms with Crippen LogP contribution in [0, 0.1) is 7.43 Å². The Balaban J connectivity index is -0.0000000818. The molecule has 0 aliphatic rings. The van der Waals surface area contributed by atoms with Crippen molar-refractivity contribution in [3.05, 3.63) is 43.3 Å². The molecule has 0 unspecified atom stereocenters.